The first-order chi connectivity index (χ1) is 6.70. The molecule has 0 aliphatic carbocycles. The van der Waals surface area contributed by atoms with Crippen LogP contribution in [-0.4, -0.2) is 13.0 Å². The number of nitrogens with one attached hydrogen (secondary N) is 1. The second-order valence-corrected chi connectivity index (χ2v) is 3.04. The van der Waals surface area contributed by atoms with Gasteiger partial charge in [0.2, 0.25) is 0 Å². The molecule has 1 N–H and O–H groups in total. The van der Waals surface area contributed by atoms with E-state index in [1.54, 1.807) is 25.2 Å². The van der Waals surface area contributed by atoms with Crippen LogP contribution < -0.4 is 5.32 Å². The number of fused-ring (bicyclic) bond motifs is 1. The van der Waals surface area contributed by atoms with Crippen LogP contribution in [0.1, 0.15) is 16.1 Å². The smallest absolute Gasteiger partial charge is 0.251 e. The summed E-state index contributed by atoms with van der Waals surface area (Å²) < 4.78 is 5.29. The summed E-state index contributed by atoms with van der Waals surface area (Å²) in [6, 6.07) is 7.09. The molecule has 1 amide bonds. The summed E-state index contributed by atoms with van der Waals surface area (Å²) in [5.41, 5.74) is 1.38. The summed E-state index contributed by atoms with van der Waals surface area (Å²) in [5, 5.41) is 3.47. The predicted octanol–water partition coefficient (Wildman–Crippen LogP) is 1.97. The van der Waals surface area contributed by atoms with Crippen LogP contribution in [0.3, 0.4) is 0 Å². The molecule has 2 aromatic rings. The Hall–Kier alpha value is -1.77. The average molecular weight is 188 g/mol. The van der Waals surface area contributed by atoms with Gasteiger partial charge in [-0.05, 0) is 24.3 Å². The quantitative estimate of drug-likeness (QED) is 0.743. The maximum Gasteiger partial charge on any atom is 0.251 e. The normalized spacial score (nSPS) is 10.4. The number of carbonyl (C=O) groups excluding carboxylic acids is 1. The third-order valence-corrected chi connectivity index (χ3v) is 2.06. The zero-order chi connectivity index (χ0) is 10.1. The first kappa shape index (κ1) is 8.81. The van der Waals surface area contributed by atoms with Crippen LogP contribution in [0.25, 0.3) is 11.0 Å². The number of hydrogen-bond acceptors (Lipinski definition) is 2. The van der Waals surface area contributed by atoms with Crippen molar-refractivity contribution in [3.8, 4) is 0 Å². The van der Waals surface area contributed by atoms with Crippen molar-refractivity contribution in [3.05, 3.63) is 42.5 Å². The molecule has 0 atom stereocenters. The van der Waals surface area contributed by atoms with Gasteiger partial charge in [0.1, 0.15) is 11.3 Å². The fraction of sp³-hybridized carbons (Fsp3) is 0.0909. The molecule has 71 valence electrons. The van der Waals surface area contributed by atoms with E-state index in [-0.39, 0.29) is 5.91 Å². The standard InChI is InChI=1S/C11H10NO2/c1-7-5-9-6-8(11(13)12-2)3-4-10(9)14-7/h3-6H,1H2,2H3,(H,12,13). The van der Waals surface area contributed by atoms with E-state index in [4.69, 9.17) is 4.42 Å². The molecular formula is C11H10NO2. The summed E-state index contributed by atoms with van der Waals surface area (Å²) in [7, 11) is 1.61. The van der Waals surface area contributed by atoms with Crippen molar-refractivity contribution in [1.29, 1.82) is 0 Å². The molecule has 0 fully saturated rings. The Balaban J connectivity index is 2.55. The van der Waals surface area contributed by atoms with Crippen LogP contribution in [0.15, 0.2) is 28.7 Å². The molecule has 0 unspecified atom stereocenters. The van der Waals surface area contributed by atoms with Gasteiger partial charge in [0.05, 0.1) is 0 Å². The highest BCUT2D eigenvalue weighted by Gasteiger charge is 2.06. The minimum absolute atomic E-state index is 0.0984. The number of rotatable bonds is 1. The molecule has 0 aliphatic rings. The SMILES string of the molecule is [CH2]c1cc2cc(C(=O)NC)ccc2o1. The van der Waals surface area contributed by atoms with Gasteiger partial charge in [-0.15, -0.1) is 0 Å². The largest absolute Gasteiger partial charge is 0.461 e. The first-order valence-corrected chi connectivity index (χ1v) is 4.28. The summed E-state index contributed by atoms with van der Waals surface area (Å²) >= 11 is 0. The second kappa shape index (κ2) is 3.18. The number of furan rings is 1. The lowest BCUT2D eigenvalue weighted by atomic mass is 10.1. The maximum atomic E-state index is 11.3. The Morgan fingerprint density at radius 3 is 2.93 bits per heavy atom. The fourth-order valence-electron chi connectivity index (χ4n) is 1.38. The van der Waals surface area contributed by atoms with E-state index < -0.39 is 0 Å². The third-order valence-electron chi connectivity index (χ3n) is 2.06. The predicted molar refractivity (Wildman–Crippen MR) is 54.1 cm³/mol. The summed E-state index contributed by atoms with van der Waals surface area (Å²) in [6.45, 7) is 3.69. The van der Waals surface area contributed by atoms with Gasteiger partial charge in [0.15, 0.2) is 0 Å². The highest BCUT2D eigenvalue weighted by molar-refractivity contribution is 5.97. The molecule has 1 aromatic heterocycles. The van der Waals surface area contributed by atoms with Crippen LogP contribution in [-0.2, 0) is 0 Å². The molecule has 0 bridgehead atoms. The van der Waals surface area contributed by atoms with E-state index >= 15 is 0 Å². The lowest BCUT2D eigenvalue weighted by Crippen LogP contribution is -2.17. The molecule has 0 saturated carbocycles. The van der Waals surface area contributed by atoms with Crippen molar-refractivity contribution in [2.45, 2.75) is 0 Å². The van der Waals surface area contributed by atoms with Crippen molar-refractivity contribution in [1.82, 2.24) is 5.32 Å². The van der Waals surface area contributed by atoms with E-state index in [1.807, 2.05) is 6.07 Å². The number of amides is 1. The minimum Gasteiger partial charge on any atom is -0.461 e. The van der Waals surface area contributed by atoms with Crippen LogP contribution >= 0.6 is 0 Å². The molecule has 14 heavy (non-hydrogen) atoms. The molecule has 1 aromatic carbocycles. The molecule has 1 radical (unpaired) electrons. The van der Waals surface area contributed by atoms with Crippen molar-refractivity contribution in [2.24, 2.45) is 0 Å². The molecule has 0 saturated heterocycles. The fourth-order valence-corrected chi connectivity index (χ4v) is 1.38. The molecular weight excluding hydrogens is 178 g/mol. The van der Waals surface area contributed by atoms with Crippen LogP contribution in [0.2, 0.25) is 0 Å². The molecule has 3 nitrogen and oxygen atoms in total. The van der Waals surface area contributed by atoms with E-state index in [2.05, 4.69) is 12.2 Å². The van der Waals surface area contributed by atoms with Crippen molar-refractivity contribution < 1.29 is 9.21 Å². The van der Waals surface area contributed by atoms with E-state index in [9.17, 15) is 4.79 Å². The van der Waals surface area contributed by atoms with Crippen molar-refractivity contribution in [3.63, 3.8) is 0 Å². The number of carbonyl (C=O) groups is 1. The van der Waals surface area contributed by atoms with Gasteiger partial charge in [0, 0.05) is 24.9 Å². The van der Waals surface area contributed by atoms with E-state index in [0.717, 1.165) is 11.0 Å². The van der Waals surface area contributed by atoms with Crippen LogP contribution in [0.5, 0.6) is 0 Å². The van der Waals surface area contributed by atoms with Crippen LogP contribution in [0.4, 0.5) is 0 Å². The zero-order valence-corrected chi connectivity index (χ0v) is 7.83. The van der Waals surface area contributed by atoms with Crippen molar-refractivity contribution in [2.75, 3.05) is 7.05 Å². The first-order valence-electron chi connectivity index (χ1n) is 4.28. The Labute approximate surface area is 81.7 Å². The number of benzene rings is 1. The Morgan fingerprint density at radius 2 is 2.21 bits per heavy atom. The highest BCUT2D eigenvalue weighted by Crippen LogP contribution is 2.19. The van der Waals surface area contributed by atoms with E-state index in [1.165, 1.54) is 0 Å². The minimum atomic E-state index is -0.0984. The Morgan fingerprint density at radius 1 is 1.43 bits per heavy atom. The molecule has 2 rings (SSSR count). The lowest BCUT2D eigenvalue weighted by molar-refractivity contribution is 0.0963. The monoisotopic (exact) mass is 188 g/mol. The average Bonchev–Trinajstić information content (AvgIpc) is 2.55. The van der Waals surface area contributed by atoms with Gasteiger partial charge in [-0.3, -0.25) is 4.79 Å². The van der Waals surface area contributed by atoms with Gasteiger partial charge in [-0.1, -0.05) is 0 Å². The molecule has 1 heterocycles. The Bertz CT molecular complexity index is 485. The van der Waals surface area contributed by atoms with Gasteiger partial charge >= 0.3 is 0 Å². The number of hydrogen-bond donors (Lipinski definition) is 1. The summed E-state index contributed by atoms with van der Waals surface area (Å²) in [4.78, 5) is 11.3. The van der Waals surface area contributed by atoms with Gasteiger partial charge in [-0.2, -0.15) is 0 Å². The topological polar surface area (TPSA) is 42.2 Å². The van der Waals surface area contributed by atoms with E-state index in [0.29, 0.717) is 11.3 Å². The lowest BCUT2D eigenvalue weighted by Gasteiger charge is -1.98. The summed E-state index contributed by atoms with van der Waals surface area (Å²) in [6.07, 6.45) is 0. The maximum absolute atomic E-state index is 11.3. The molecule has 0 aliphatic heterocycles. The zero-order valence-electron chi connectivity index (χ0n) is 7.83. The summed E-state index contributed by atoms with van der Waals surface area (Å²) in [5.74, 6) is 0.507. The Kier molecular flexibility index (Phi) is 2.00. The van der Waals surface area contributed by atoms with Crippen LogP contribution in [0, 0.1) is 6.92 Å². The van der Waals surface area contributed by atoms with Crippen molar-refractivity contribution >= 4 is 16.9 Å². The highest BCUT2D eigenvalue weighted by atomic mass is 16.3. The van der Waals surface area contributed by atoms with Gasteiger partial charge in [-0.25, -0.2) is 0 Å². The second-order valence-electron chi connectivity index (χ2n) is 3.04. The third kappa shape index (κ3) is 1.37. The van der Waals surface area contributed by atoms with Gasteiger partial charge < -0.3 is 9.73 Å². The molecule has 0 spiro atoms. The molecule has 3 heteroatoms. The van der Waals surface area contributed by atoms with Gasteiger partial charge in [0.25, 0.3) is 5.91 Å².